The predicted molar refractivity (Wildman–Crippen MR) is 91.4 cm³/mol. The number of rotatable bonds is 5. The molecule has 2 rings (SSSR count). The SMILES string of the molecule is CC(C)(CC(=O)N1CCC[C@@H](CS(N)(=O)=O)C1)c1ccccc1. The molecule has 1 amide bonds. The van der Waals surface area contributed by atoms with E-state index in [-0.39, 0.29) is 23.0 Å². The van der Waals surface area contributed by atoms with Crippen LogP contribution in [0.15, 0.2) is 30.3 Å². The number of piperidine rings is 1. The van der Waals surface area contributed by atoms with Gasteiger partial charge in [0.2, 0.25) is 15.9 Å². The molecule has 0 saturated carbocycles. The van der Waals surface area contributed by atoms with Crippen molar-refractivity contribution >= 4 is 15.9 Å². The van der Waals surface area contributed by atoms with Crippen molar-refractivity contribution in [3.63, 3.8) is 0 Å². The van der Waals surface area contributed by atoms with Crippen molar-refractivity contribution in [3.8, 4) is 0 Å². The zero-order valence-electron chi connectivity index (χ0n) is 13.9. The lowest BCUT2D eigenvalue weighted by Gasteiger charge is -2.35. The number of primary sulfonamides is 1. The summed E-state index contributed by atoms with van der Waals surface area (Å²) < 4.78 is 22.5. The van der Waals surface area contributed by atoms with Crippen molar-refractivity contribution in [2.45, 2.75) is 38.5 Å². The van der Waals surface area contributed by atoms with Crippen LogP contribution in [0, 0.1) is 5.92 Å². The van der Waals surface area contributed by atoms with E-state index in [4.69, 9.17) is 5.14 Å². The number of carbonyl (C=O) groups excluding carboxylic acids is 1. The van der Waals surface area contributed by atoms with E-state index in [0.717, 1.165) is 18.4 Å². The maximum atomic E-state index is 12.6. The number of hydrogen-bond donors (Lipinski definition) is 1. The average Bonchev–Trinajstić information content (AvgIpc) is 2.46. The van der Waals surface area contributed by atoms with Crippen LogP contribution in [0.3, 0.4) is 0 Å². The lowest BCUT2D eigenvalue weighted by Crippen LogP contribution is -2.44. The first-order chi connectivity index (χ1) is 10.7. The monoisotopic (exact) mass is 338 g/mol. The second kappa shape index (κ2) is 7.01. The van der Waals surface area contributed by atoms with Crippen LogP contribution >= 0.6 is 0 Å². The molecule has 0 aliphatic carbocycles. The lowest BCUT2D eigenvalue weighted by atomic mass is 9.81. The Bertz CT molecular complexity index is 641. The molecule has 1 aromatic rings. The summed E-state index contributed by atoms with van der Waals surface area (Å²) in [4.78, 5) is 14.4. The minimum atomic E-state index is -3.49. The first-order valence-corrected chi connectivity index (χ1v) is 9.73. The number of amides is 1. The van der Waals surface area contributed by atoms with E-state index in [1.165, 1.54) is 0 Å². The highest BCUT2D eigenvalue weighted by Gasteiger charge is 2.30. The molecule has 1 atom stereocenters. The molecule has 0 unspecified atom stereocenters. The average molecular weight is 338 g/mol. The molecule has 1 saturated heterocycles. The van der Waals surface area contributed by atoms with Gasteiger partial charge < -0.3 is 4.90 Å². The minimum absolute atomic E-state index is 0.0428. The van der Waals surface area contributed by atoms with Crippen LogP contribution in [0.1, 0.15) is 38.7 Å². The summed E-state index contributed by atoms with van der Waals surface area (Å²) in [7, 11) is -3.49. The van der Waals surface area contributed by atoms with Crippen molar-refractivity contribution in [1.82, 2.24) is 4.90 Å². The Morgan fingerprint density at radius 3 is 2.57 bits per heavy atom. The Labute approximate surface area is 138 Å². The lowest BCUT2D eigenvalue weighted by molar-refractivity contribution is -0.134. The van der Waals surface area contributed by atoms with Gasteiger partial charge in [-0.05, 0) is 29.7 Å². The molecule has 1 aliphatic rings. The Balaban J connectivity index is 2.00. The third-order valence-corrected chi connectivity index (χ3v) is 5.42. The van der Waals surface area contributed by atoms with Gasteiger partial charge in [-0.1, -0.05) is 44.2 Å². The standard InChI is InChI=1S/C17H26N2O3S/c1-17(2,15-8-4-3-5-9-15)11-16(20)19-10-6-7-14(12-19)13-23(18,21)22/h3-5,8-9,14H,6-7,10-13H2,1-2H3,(H2,18,21,22)/t14-/m1/s1. The highest BCUT2D eigenvalue weighted by Crippen LogP contribution is 2.28. The van der Waals surface area contributed by atoms with E-state index in [0.29, 0.717) is 19.5 Å². The highest BCUT2D eigenvalue weighted by atomic mass is 32.2. The van der Waals surface area contributed by atoms with Crippen LogP contribution in [0.4, 0.5) is 0 Å². The molecule has 128 valence electrons. The zero-order valence-corrected chi connectivity index (χ0v) is 14.7. The smallest absolute Gasteiger partial charge is 0.223 e. The second-order valence-electron chi connectivity index (χ2n) is 7.10. The Morgan fingerprint density at radius 2 is 1.96 bits per heavy atom. The van der Waals surface area contributed by atoms with Gasteiger partial charge in [0.1, 0.15) is 0 Å². The number of sulfonamides is 1. The molecule has 2 N–H and O–H groups in total. The van der Waals surface area contributed by atoms with Gasteiger partial charge >= 0.3 is 0 Å². The van der Waals surface area contributed by atoms with Gasteiger partial charge in [-0.2, -0.15) is 0 Å². The number of benzene rings is 1. The normalized spacial score (nSPS) is 19.6. The third kappa shape index (κ3) is 5.32. The molecule has 6 heteroatoms. The molecule has 0 spiro atoms. The van der Waals surface area contributed by atoms with Crippen LogP contribution < -0.4 is 5.14 Å². The first-order valence-electron chi connectivity index (χ1n) is 8.01. The minimum Gasteiger partial charge on any atom is -0.342 e. The Hall–Kier alpha value is -1.40. The van der Waals surface area contributed by atoms with E-state index in [9.17, 15) is 13.2 Å². The molecule has 0 bridgehead atoms. The molecule has 0 radical (unpaired) electrons. The van der Waals surface area contributed by atoms with Gasteiger partial charge in [-0.25, -0.2) is 13.6 Å². The fraction of sp³-hybridized carbons (Fsp3) is 0.588. The van der Waals surface area contributed by atoms with Crippen molar-refractivity contribution < 1.29 is 13.2 Å². The summed E-state index contributed by atoms with van der Waals surface area (Å²) in [6.45, 7) is 5.31. The van der Waals surface area contributed by atoms with Gasteiger partial charge in [-0.3, -0.25) is 4.79 Å². The molecule has 1 aliphatic heterocycles. The van der Waals surface area contributed by atoms with E-state index in [1.807, 2.05) is 30.3 Å². The molecular formula is C17H26N2O3S. The van der Waals surface area contributed by atoms with Gasteiger partial charge in [0, 0.05) is 19.5 Å². The Kier molecular flexibility index (Phi) is 5.47. The molecule has 0 aromatic heterocycles. The molecule has 1 aromatic carbocycles. The fourth-order valence-electron chi connectivity index (χ4n) is 3.24. The van der Waals surface area contributed by atoms with Crippen LogP contribution in [-0.2, 0) is 20.2 Å². The van der Waals surface area contributed by atoms with E-state index < -0.39 is 10.0 Å². The van der Waals surface area contributed by atoms with E-state index in [2.05, 4.69) is 13.8 Å². The van der Waals surface area contributed by atoms with Crippen LogP contribution in [0.5, 0.6) is 0 Å². The number of carbonyl (C=O) groups is 1. The predicted octanol–water partition coefficient (Wildman–Crippen LogP) is 1.88. The molecular weight excluding hydrogens is 312 g/mol. The number of nitrogens with zero attached hydrogens (tertiary/aromatic N) is 1. The molecule has 1 fully saturated rings. The van der Waals surface area contributed by atoms with Crippen molar-refractivity contribution in [2.75, 3.05) is 18.8 Å². The third-order valence-electron chi connectivity index (χ3n) is 4.49. The quantitative estimate of drug-likeness (QED) is 0.890. The van der Waals surface area contributed by atoms with Gasteiger partial charge in [0.15, 0.2) is 0 Å². The van der Waals surface area contributed by atoms with Crippen LogP contribution in [0.2, 0.25) is 0 Å². The number of hydrogen-bond acceptors (Lipinski definition) is 3. The fourth-order valence-corrected chi connectivity index (χ4v) is 4.17. The maximum Gasteiger partial charge on any atom is 0.223 e. The van der Waals surface area contributed by atoms with Gasteiger partial charge in [0.25, 0.3) is 0 Å². The Morgan fingerprint density at radius 1 is 1.30 bits per heavy atom. The first kappa shape index (κ1) is 17.9. The summed E-state index contributed by atoms with van der Waals surface area (Å²) in [5.74, 6) is -0.0145. The molecule has 1 heterocycles. The largest absolute Gasteiger partial charge is 0.342 e. The van der Waals surface area contributed by atoms with Crippen LogP contribution in [0.25, 0.3) is 0 Å². The van der Waals surface area contributed by atoms with Crippen LogP contribution in [-0.4, -0.2) is 38.1 Å². The molecule has 23 heavy (non-hydrogen) atoms. The van der Waals surface area contributed by atoms with Gasteiger partial charge in [0.05, 0.1) is 5.75 Å². The summed E-state index contributed by atoms with van der Waals surface area (Å²) in [6.07, 6.45) is 2.05. The molecule has 5 nitrogen and oxygen atoms in total. The summed E-state index contributed by atoms with van der Waals surface area (Å²) in [6, 6.07) is 9.99. The van der Waals surface area contributed by atoms with Crippen molar-refractivity contribution in [3.05, 3.63) is 35.9 Å². The highest BCUT2D eigenvalue weighted by molar-refractivity contribution is 7.89. The van der Waals surface area contributed by atoms with E-state index >= 15 is 0 Å². The summed E-state index contributed by atoms with van der Waals surface area (Å²) in [5, 5.41) is 5.13. The number of likely N-dealkylation sites (tertiary alicyclic amines) is 1. The van der Waals surface area contributed by atoms with Crippen molar-refractivity contribution in [1.29, 1.82) is 0 Å². The van der Waals surface area contributed by atoms with Gasteiger partial charge in [-0.15, -0.1) is 0 Å². The van der Waals surface area contributed by atoms with E-state index in [1.54, 1.807) is 4.90 Å². The summed E-state index contributed by atoms with van der Waals surface area (Å²) in [5.41, 5.74) is 0.886. The maximum absolute atomic E-state index is 12.6. The topological polar surface area (TPSA) is 80.5 Å². The summed E-state index contributed by atoms with van der Waals surface area (Å²) >= 11 is 0. The van der Waals surface area contributed by atoms with Crippen molar-refractivity contribution in [2.24, 2.45) is 11.1 Å². The zero-order chi connectivity index (χ0) is 17.1. The number of nitrogens with two attached hydrogens (primary N) is 1. The second-order valence-corrected chi connectivity index (χ2v) is 8.76.